The molecule has 2 heteroatoms. The van der Waals surface area contributed by atoms with Crippen LogP contribution in [0.4, 0.5) is 0 Å². The highest BCUT2D eigenvalue weighted by molar-refractivity contribution is 8.21. The number of hydrogen-bond donors (Lipinski definition) is 2. The van der Waals surface area contributed by atoms with E-state index in [2.05, 4.69) is 17.5 Å². The molecule has 0 spiro atoms. The molecule has 0 radical (unpaired) electrons. The van der Waals surface area contributed by atoms with E-state index in [1.165, 1.54) is 5.56 Å². The number of hydrogen-bond acceptors (Lipinski definition) is 1. The summed E-state index contributed by atoms with van der Waals surface area (Å²) < 4.78 is 0. The second-order valence-electron chi connectivity index (χ2n) is 3.03. The molecule has 2 rings (SSSR count). The van der Waals surface area contributed by atoms with Crippen molar-refractivity contribution in [3.8, 4) is 0 Å². The lowest BCUT2D eigenvalue weighted by Crippen LogP contribution is -1.80. The molecule has 0 saturated carbocycles. The fourth-order valence-corrected chi connectivity index (χ4v) is 3.01. The van der Waals surface area contributed by atoms with E-state index >= 15 is 0 Å². The monoisotopic (exact) mass is 192 g/mol. The van der Waals surface area contributed by atoms with Gasteiger partial charge in [0, 0.05) is 5.75 Å². The Balaban J connectivity index is 2.04. The number of allylic oxidation sites excluding steroid dienone is 1. The van der Waals surface area contributed by atoms with Gasteiger partial charge in [0.05, 0.1) is 0 Å². The van der Waals surface area contributed by atoms with E-state index in [0.717, 1.165) is 5.75 Å². The third-order valence-corrected chi connectivity index (χ3v) is 3.80. The van der Waals surface area contributed by atoms with Crippen molar-refractivity contribution in [3.63, 3.8) is 0 Å². The van der Waals surface area contributed by atoms with Crippen molar-refractivity contribution in [2.75, 3.05) is 0 Å². The van der Waals surface area contributed by atoms with Gasteiger partial charge in [-0.05, 0) is 22.5 Å². The molecule has 0 bridgehead atoms. The summed E-state index contributed by atoms with van der Waals surface area (Å²) >= 11 is 0. The zero-order chi connectivity index (χ0) is 9.10. The van der Waals surface area contributed by atoms with Crippen LogP contribution >= 0.6 is 10.9 Å². The first-order valence-corrected chi connectivity index (χ1v) is 5.90. The molecule has 0 saturated heterocycles. The smallest absolute Gasteiger partial charge is 0.120 e. The van der Waals surface area contributed by atoms with E-state index in [0.29, 0.717) is 5.76 Å². The van der Waals surface area contributed by atoms with E-state index in [1.54, 1.807) is 6.08 Å². The Labute approximate surface area is 80.8 Å². The first kappa shape index (κ1) is 8.45. The van der Waals surface area contributed by atoms with Gasteiger partial charge in [0.25, 0.3) is 0 Å². The minimum absolute atomic E-state index is 0.253. The highest BCUT2D eigenvalue weighted by Gasteiger charge is 2.04. The Hall–Kier alpha value is -1.15. The van der Waals surface area contributed by atoms with E-state index in [1.807, 2.05) is 23.6 Å². The lowest BCUT2D eigenvalue weighted by atomic mass is 10.2. The quantitative estimate of drug-likeness (QED) is 0.690. The normalized spacial score (nSPS) is 23.1. The van der Waals surface area contributed by atoms with Crippen molar-refractivity contribution in [1.29, 1.82) is 0 Å². The summed E-state index contributed by atoms with van der Waals surface area (Å²) in [5.41, 5.74) is 1.34. The maximum absolute atomic E-state index is 9.17. The summed E-state index contributed by atoms with van der Waals surface area (Å²) in [5.74, 6) is 1.46. The zero-order valence-corrected chi connectivity index (χ0v) is 8.11. The van der Waals surface area contributed by atoms with Crippen molar-refractivity contribution in [1.82, 2.24) is 0 Å². The maximum Gasteiger partial charge on any atom is 0.120 e. The summed E-state index contributed by atoms with van der Waals surface area (Å²) in [6.07, 6.45) is 1.79. The number of rotatable bonds is 2. The lowest BCUT2D eigenvalue weighted by molar-refractivity contribution is 0.435. The molecule has 13 heavy (non-hydrogen) atoms. The Morgan fingerprint density at radius 2 is 1.92 bits per heavy atom. The molecule has 1 nitrogen and oxygen atoms in total. The van der Waals surface area contributed by atoms with Gasteiger partial charge in [0.15, 0.2) is 0 Å². The number of aliphatic hydroxyl groups excluding tert-OH is 1. The second-order valence-corrected chi connectivity index (χ2v) is 4.93. The van der Waals surface area contributed by atoms with Crippen LogP contribution in [0.15, 0.2) is 53.0 Å². The van der Waals surface area contributed by atoms with Crippen molar-refractivity contribution in [2.45, 2.75) is 5.75 Å². The lowest BCUT2D eigenvalue weighted by Gasteiger charge is -2.08. The molecule has 1 aromatic carbocycles. The molecule has 1 aromatic rings. The van der Waals surface area contributed by atoms with Crippen LogP contribution in [0.1, 0.15) is 5.56 Å². The molecule has 1 N–H and O–H groups in total. The van der Waals surface area contributed by atoms with Gasteiger partial charge in [-0.2, -0.15) is 0 Å². The SMILES string of the molecule is OC1=C[SH](Cc2ccccc2)C=C1. The largest absolute Gasteiger partial charge is 0.507 e. The highest BCUT2D eigenvalue weighted by Crippen LogP contribution is 2.38. The van der Waals surface area contributed by atoms with Crippen LogP contribution in [0.2, 0.25) is 0 Å². The Kier molecular flexibility index (Phi) is 2.41. The maximum atomic E-state index is 9.17. The van der Waals surface area contributed by atoms with Gasteiger partial charge in [0.1, 0.15) is 5.76 Å². The molecule has 1 unspecified atom stereocenters. The molecule has 0 aliphatic carbocycles. The molecular formula is C11H12OS. The summed E-state index contributed by atoms with van der Waals surface area (Å²) in [6.45, 7) is 0. The van der Waals surface area contributed by atoms with Crippen LogP contribution in [0.25, 0.3) is 0 Å². The van der Waals surface area contributed by atoms with Gasteiger partial charge in [-0.1, -0.05) is 30.3 Å². The number of benzene rings is 1. The van der Waals surface area contributed by atoms with Crippen LogP contribution in [-0.4, -0.2) is 5.11 Å². The van der Waals surface area contributed by atoms with E-state index in [4.69, 9.17) is 5.11 Å². The third-order valence-electron chi connectivity index (χ3n) is 1.94. The second kappa shape index (κ2) is 3.71. The van der Waals surface area contributed by atoms with Gasteiger partial charge in [-0.3, -0.25) is 0 Å². The van der Waals surface area contributed by atoms with Crippen LogP contribution in [0, 0.1) is 0 Å². The third kappa shape index (κ3) is 2.16. The van der Waals surface area contributed by atoms with Crippen LogP contribution in [0.3, 0.4) is 0 Å². The number of aliphatic hydroxyl groups is 1. The molecule has 0 aromatic heterocycles. The van der Waals surface area contributed by atoms with Crippen LogP contribution < -0.4 is 0 Å². The van der Waals surface area contributed by atoms with Gasteiger partial charge < -0.3 is 5.11 Å². The van der Waals surface area contributed by atoms with Crippen molar-refractivity contribution in [2.24, 2.45) is 0 Å². The van der Waals surface area contributed by atoms with Gasteiger partial charge in [-0.15, -0.1) is 0 Å². The van der Waals surface area contributed by atoms with Crippen LogP contribution in [-0.2, 0) is 5.75 Å². The summed E-state index contributed by atoms with van der Waals surface area (Å²) in [6, 6.07) is 10.4. The van der Waals surface area contributed by atoms with Gasteiger partial charge in [-0.25, -0.2) is 10.9 Å². The zero-order valence-electron chi connectivity index (χ0n) is 7.22. The van der Waals surface area contributed by atoms with Crippen molar-refractivity contribution in [3.05, 3.63) is 58.5 Å². The van der Waals surface area contributed by atoms with Crippen LogP contribution in [0.5, 0.6) is 0 Å². The predicted octanol–water partition coefficient (Wildman–Crippen LogP) is 3.11. The van der Waals surface area contributed by atoms with E-state index < -0.39 is 0 Å². The average molecular weight is 192 g/mol. The minimum atomic E-state index is -0.253. The topological polar surface area (TPSA) is 20.2 Å². The van der Waals surface area contributed by atoms with Crippen molar-refractivity contribution < 1.29 is 5.11 Å². The summed E-state index contributed by atoms with van der Waals surface area (Å²) in [5, 5.41) is 13.2. The Bertz CT molecular complexity index is 340. The Morgan fingerprint density at radius 1 is 1.15 bits per heavy atom. The van der Waals surface area contributed by atoms with E-state index in [-0.39, 0.29) is 10.9 Å². The summed E-state index contributed by atoms with van der Waals surface area (Å²) in [7, 11) is -0.253. The fraction of sp³-hybridized carbons (Fsp3) is 0.0909. The van der Waals surface area contributed by atoms with Gasteiger partial charge in [0.2, 0.25) is 0 Å². The molecule has 1 aliphatic heterocycles. The first-order chi connectivity index (χ1) is 6.34. The Morgan fingerprint density at radius 3 is 2.54 bits per heavy atom. The molecule has 1 heterocycles. The summed E-state index contributed by atoms with van der Waals surface area (Å²) in [4.78, 5) is 0. The molecule has 1 atom stereocenters. The molecule has 0 fully saturated rings. The molecule has 68 valence electrons. The number of thiol groups is 1. The molecular weight excluding hydrogens is 180 g/mol. The minimum Gasteiger partial charge on any atom is -0.507 e. The predicted molar refractivity (Wildman–Crippen MR) is 59.0 cm³/mol. The molecule has 0 amide bonds. The fourth-order valence-electron chi connectivity index (χ4n) is 1.32. The van der Waals surface area contributed by atoms with Gasteiger partial charge >= 0.3 is 0 Å². The average Bonchev–Trinajstić information content (AvgIpc) is 2.53. The first-order valence-electron chi connectivity index (χ1n) is 4.23. The standard InChI is InChI=1S/C11H12OS/c12-11-6-7-13(9-11)8-10-4-2-1-3-5-10/h1-7,9,12-13H,8H2. The van der Waals surface area contributed by atoms with Crippen molar-refractivity contribution >= 4 is 10.9 Å². The van der Waals surface area contributed by atoms with E-state index in [9.17, 15) is 0 Å². The highest BCUT2D eigenvalue weighted by atomic mass is 32.2. The molecule has 1 aliphatic rings.